The Morgan fingerprint density at radius 2 is 1.75 bits per heavy atom. The molecule has 0 heterocycles. The minimum absolute atomic E-state index is 0.641. The summed E-state index contributed by atoms with van der Waals surface area (Å²) in [5.74, 6) is 0. The topological polar surface area (TPSA) is 52.6 Å². The van der Waals surface area contributed by atoms with Crippen molar-refractivity contribution in [3.05, 3.63) is 0 Å². The van der Waals surface area contributed by atoms with E-state index in [-0.39, 0.29) is 0 Å². The first kappa shape index (κ1) is 11.7. The minimum Gasteiger partial charge on any atom is -0.289 e. The summed E-state index contributed by atoms with van der Waals surface area (Å²) in [6.45, 7) is -1.48. The molecule has 0 radical (unpaired) electrons. The third kappa shape index (κ3) is 9.66. The first-order valence-corrected chi connectivity index (χ1v) is 4.57. The molecule has 0 aliphatic rings. The monoisotopic (exact) mass is 208 g/mol. The van der Waals surface area contributed by atoms with E-state index in [9.17, 15) is 21.6 Å². The van der Waals surface area contributed by atoms with Gasteiger partial charge in [-0.2, -0.15) is 8.42 Å². The molecule has 0 unspecified atom stereocenters. The number of ether oxygens (including phenoxy) is 1. The summed E-state index contributed by atoms with van der Waals surface area (Å²) in [6, 6.07) is 0. The van der Waals surface area contributed by atoms with Crippen LogP contribution >= 0.6 is 0 Å². The molecule has 0 saturated carbocycles. The van der Waals surface area contributed by atoms with E-state index >= 15 is 0 Å². The number of hydrogen-bond acceptors (Lipinski definition) is 4. The van der Waals surface area contributed by atoms with Crippen LogP contribution in [0, 0.1) is 0 Å². The molecule has 0 N–H and O–H groups in total. The van der Waals surface area contributed by atoms with Gasteiger partial charge in [0.25, 0.3) is 10.1 Å². The van der Waals surface area contributed by atoms with Crippen LogP contribution in [0.1, 0.15) is 0 Å². The Bertz CT molecular complexity index is 219. The normalized spacial score (nSPS) is 13.3. The Morgan fingerprint density at radius 1 is 1.25 bits per heavy atom. The lowest BCUT2D eigenvalue weighted by molar-refractivity contribution is -0.325. The van der Waals surface area contributed by atoms with Crippen LogP contribution in [0.2, 0.25) is 0 Å². The second-order valence-corrected chi connectivity index (χ2v) is 3.46. The van der Waals surface area contributed by atoms with E-state index in [0.717, 1.165) is 6.26 Å². The van der Waals surface area contributed by atoms with Crippen molar-refractivity contribution < 1.29 is 30.5 Å². The molecule has 0 aromatic heterocycles. The molecule has 0 aliphatic carbocycles. The van der Waals surface area contributed by atoms with E-state index in [4.69, 9.17) is 0 Å². The van der Waals surface area contributed by atoms with Crippen LogP contribution in [0.25, 0.3) is 0 Å². The van der Waals surface area contributed by atoms with Crippen molar-refractivity contribution >= 4 is 10.1 Å². The van der Waals surface area contributed by atoms with E-state index in [1.165, 1.54) is 0 Å². The lowest BCUT2D eigenvalue weighted by atomic mass is 10.8. The van der Waals surface area contributed by atoms with Gasteiger partial charge in [0.2, 0.25) is 0 Å². The van der Waals surface area contributed by atoms with Crippen LogP contribution in [0.4, 0.5) is 13.2 Å². The van der Waals surface area contributed by atoms with Gasteiger partial charge in [-0.05, 0) is 0 Å². The number of halogens is 3. The maximum Gasteiger partial charge on any atom is 0.522 e. The summed E-state index contributed by atoms with van der Waals surface area (Å²) >= 11 is 0. The van der Waals surface area contributed by atoms with Gasteiger partial charge < -0.3 is 0 Å². The highest BCUT2D eigenvalue weighted by molar-refractivity contribution is 7.85. The van der Waals surface area contributed by atoms with Crippen molar-refractivity contribution in [1.29, 1.82) is 0 Å². The molecule has 74 valence electrons. The molecule has 0 rings (SSSR count). The Labute approximate surface area is 67.4 Å². The van der Waals surface area contributed by atoms with Gasteiger partial charge in [-0.3, -0.25) is 8.92 Å². The van der Waals surface area contributed by atoms with Crippen molar-refractivity contribution in [2.75, 3.05) is 19.5 Å². The van der Waals surface area contributed by atoms with E-state index in [0.29, 0.717) is 0 Å². The molecular weight excluding hydrogens is 201 g/mol. The Kier molecular flexibility index (Phi) is 3.94. The van der Waals surface area contributed by atoms with Gasteiger partial charge in [-0.15, -0.1) is 13.2 Å². The number of hydrogen-bond donors (Lipinski definition) is 0. The highest BCUT2D eigenvalue weighted by Gasteiger charge is 2.28. The van der Waals surface area contributed by atoms with Gasteiger partial charge in [0.1, 0.15) is 0 Å². The average molecular weight is 208 g/mol. The second-order valence-electron chi connectivity index (χ2n) is 1.82. The Hall–Kier alpha value is -0.340. The first-order chi connectivity index (χ1) is 5.21. The third-order valence-electron chi connectivity index (χ3n) is 0.646. The first-order valence-electron chi connectivity index (χ1n) is 2.76. The van der Waals surface area contributed by atoms with Crippen LogP contribution in [-0.4, -0.2) is 34.2 Å². The largest absolute Gasteiger partial charge is 0.522 e. The molecule has 0 bridgehead atoms. The molecule has 0 aliphatic heterocycles. The van der Waals surface area contributed by atoms with Crippen molar-refractivity contribution in [3.8, 4) is 0 Å². The highest BCUT2D eigenvalue weighted by atomic mass is 32.2. The Balaban J connectivity index is 3.48. The Morgan fingerprint density at radius 3 is 2.08 bits per heavy atom. The fraction of sp³-hybridized carbons (Fsp3) is 1.00. The van der Waals surface area contributed by atoms with Gasteiger partial charge >= 0.3 is 6.36 Å². The predicted octanol–water partition coefficient (Wildman–Crippen LogP) is 0.499. The van der Waals surface area contributed by atoms with Gasteiger partial charge in [-0.1, -0.05) is 0 Å². The lowest BCUT2D eigenvalue weighted by Gasteiger charge is -2.06. The van der Waals surface area contributed by atoms with Gasteiger partial charge in [0, 0.05) is 0 Å². The van der Waals surface area contributed by atoms with Crippen LogP contribution in [-0.2, 0) is 19.0 Å². The predicted molar refractivity (Wildman–Crippen MR) is 32.8 cm³/mol. The van der Waals surface area contributed by atoms with Crippen LogP contribution in [0.3, 0.4) is 0 Å². The third-order valence-corrected chi connectivity index (χ3v) is 1.24. The molecule has 0 aromatic rings. The zero-order valence-electron chi connectivity index (χ0n) is 6.09. The van der Waals surface area contributed by atoms with E-state index < -0.39 is 29.7 Å². The fourth-order valence-electron chi connectivity index (χ4n) is 0.343. The molecule has 0 atom stereocenters. The molecular formula is C4H7F3O4S. The molecule has 0 aromatic carbocycles. The zero-order chi connectivity index (χ0) is 9.83. The summed E-state index contributed by atoms with van der Waals surface area (Å²) in [6.07, 6.45) is -4.01. The number of rotatable bonds is 4. The van der Waals surface area contributed by atoms with Crippen LogP contribution < -0.4 is 0 Å². The van der Waals surface area contributed by atoms with Crippen LogP contribution in [0.15, 0.2) is 0 Å². The summed E-state index contributed by atoms with van der Waals surface area (Å²) in [4.78, 5) is 0. The van der Waals surface area contributed by atoms with E-state index in [2.05, 4.69) is 8.92 Å². The fourth-order valence-corrected chi connectivity index (χ4v) is 0.714. The van der Waals surface area contributed by atoms with Gasteiger partial charge in [0.15, 0.2) is 0 Å². The molecule has 8 heteroatoms. The molecule has 0 spiro atoms. The molecule has 4 nitrogen and oxygen atoms in total. The standard InChI is InChI=1S/C4H7F3O4S/c1-12(8,9)11-3-2-10-4(5,6)7/h2-3H2,1H3. The summed E-state index contributed by atoms with van der Waals surface area (Å²) in [5, 5.41) is 0. The molecule has 0 amide bonds. The van der Waals surface area contributed by atoms with E-state index in [1.54, 1.807) is 0 Å². The smallest absolute Gasteiger partial charge is 0.289 e. The average Bonchev–Trinajstić information content (AvgIpc) is 1.76. The summed E-state index contributed by atoms with van der Waals surface area (Å²) in [5.41, 5.74) is 0. The highest BCUT2D eigenvalue weighted by Crippen LogP contribution is 2.15. The number of alkyl halides is 3. The maximum atomic E-state index is 11.2. The van der Waals surface area contributed by atoms with E-state index in [1.807, 2.05) is 0 Å². The van der Waals surface area contributed by atoms with Crippen molar-refractivity contribution in [2.24, 2.45) is 0 Å². The van der Waals surface area contributed by atoms with Crippen molar-refractivity contribution in [3.63, 3.8) is 0 Å². The lowest BCUT2D eigenvalue weighted by Crippen LogP contribution is -2.18. The van der Waals surface area contributed by atoms with Crippen molar-refractivity contribution in [2.45, 2.75) is 6.36 Å². The minimum atomic E-state index is -4.75. The molecule has 0 fully saturated rings. The van der Waals surface area contributed by atoms with Gasteiger partial charge in [-0.25, -0.2) is 0 Å². The second kappa shape index (κ2) is 4.06. The SMILES string of the molecule is CS(=O)(=O)OCCOC(F)(F)F. The van der Waals surface area contributed by atoms with Gasteiger partial charge in [0.05, 0.1) is 19.5 Å². The van der Waals surface area contributed by atoms with Crippen LogP contribution in [0.5, 0.6) is 0 Å². The zero-order valence-corrected chi connectivity index (χ0v) is 6.91. The maximum absolute atomic E-state index is 11.2. The van der Waals surface area contributed by atoms with Crippen molar-refractivity contribution in [1.82, 2.24) is 0 Å². The quantitative estimate of drug-likeness (QED) is 0.498. The summed E-state index contributed by atoms with van der Waals surface area (Å²) < 4.78 is 61.3. The summed E-state index contributed by atoms with van der Waals surface area (Å²) in [7, 11) is -3.69. The molecule has 12 heavy (non-hydrogen) atoms. The molecule has 0 saturated heterocycles.